The molecule has 1 aliphatic rings. The summed E-state index contributed by atoms with van der Waals surface area (Å²) >= 11 is 3.53. The van der Waals surface area contributed by atoms with E-state index < -0.39 is 6.10 Å². The second-order valence-corrected chi connectivity index (χ2v) is 6.00. The number of nitrogens with zero attached hydrogens (tertiary/aromatic N) is 1. The normalized spacial score (nSPS) is 19.2. The van der Waals surface area contributed by atoms with Crippen LogP contribution >= 0.6 is 15.9 Å². The largest absolute Gasteiger partial charge is 0.388 e. The molecule has 98 valence electrons. The Kier molecular flexibility index (Phi) is 3.42. The number of hydrogen-bond donors (Lipinski definition) is 1. The summed E-state index contributed by atoms with van der Waals surface area (Å²) in [5.41, 5.74) is 4.48. The number of fused-ring (bicyclic) bond motifs is 1. The molecule has 2 aromatic rings. The Hall–Kier alpha value is -1.19. The van der Waals surface area contributed by atoms with E-state index in [0.717, 1.165) is 28.6 Å². The number of rotatable bonds is 2. The van der Waals surface area contributed by atoms with Gasteiger partial charge in [-0.3, -0.25) is 4.98 Å². The summed E-state index contributed by atoms with van der Waals surface area (Å²) in [5.74, 6) is 0.116. The first-order valence-corrected chi connectivity index (χ1v) is 7.34. The quantitative estimate of drug-likeness (QED) is 0.910. The van der Waals surface area contributed by atoms with Gasteiger partial charge in [-0.15, -0.1) is 0 Å². The summed E-state index contributed by atoms with van der Waals surface area (Å²) in [6, 6.07) is 10.1. The number of aliphatic hydroxyl groups is 1. The second-order valence-electron chi connectivity index (χ2n) is 5.15. The van der Waals surface area contributed by atoms with Gasteiger partial charge in [0.25, 0.3) is 0 Å². The van der Waals surface area contributed by atoms with Crippen molar-refractivity contribution in [2.45, 2.75) is 31.8 Å². The average Bonchev–Trinajstić information content (AvgIpc) is 2.85. The van der Waals surface area contributed by atoms with Crippen molar-refractivity contribution in [2.75, 3.05) is 0 Å². The predicted molar refractivity (Wildman–Crippen MR) is 79.1 cm³/mol. The molecule has 1 aromatic heterocycles. The van der Waals surface area contributed by atoms with Gasteiger partial charge < -0.3 is 5.11 Å². The molecule has 1 aromatic carbocycles. The third kappa shape index (κ3) is 2.33. The molecule has 0 saturated carbocycles. The summed E-state index contributed by atoms with van der Waals surface area (Å²) in [7, 11) is 0. The van der Waals surface area contributed by atoms with E-state index in [0.29, 0.717) is 0 Å². The lowest BCUT2D eigenvalue weighted by atomic mass is 9.93. The van der Waals surface area contributed by atoms with Crippen LogP contribution < -0.4 is 0 Å². The highest BCUT2D eigenvalue weighted by Gasteiger charge is 2.30. The van der Waals surface area contributed by atoms with Crippen LogP contribution in [0.5, 0.6) is 0 Å². The van der Waals surface area contributed by atoms with Crippen LogP contribution in [0.25, 0.3) is 0 Å². The molecule has 3 rings (SSSR count). The van der Waals surface area contributed by atoms with Crippen molar-refractivity contribution >= 4 is 15.9 Å². The number of halogens is 1. The summed E-state index contributed by atoms with van der Waals surface area (Å²) in [5, 5.41) is 10.6. The summed E-state index contributed by atoms with van der Waals surface area (Å²) in [6.07, 6.45) is 3.32. The van der Waals surface area contributed by atoms with Crippen molar-refractivity contribution in [3.8, 4) is 0 Å². The molecule has 3 heteroatoms. The number of aliphatic hydroxyl groups excluding tert-OH is 1. The minimum Gasteiger partial charge on any atom is -0.388 e. The molecular formula is C16H16BrNO. The minimum absolute atomic E-state index is 0.116. The molecule has 0 radical (unpaired) electrons. The van der Waals surface area contributed by atoms with Crippen LogP contribution in [0.15, 0.2) is 41.0 Å². The Bertz CT molecular complexity index is 611. The van der Waals surface area contributed by atoms with Gasteiger partial charge in [-0.2, -0.15) is 0 Å². The Morgan fingerprint density at radius 1 is 1.37 bits per heavy atom. The highest BCUT2D eigenvalue weighted by atomic mass is 79.9. The zero-order chi connectivity index (χ0) is 13.4. The summed E-state index contributed by atoms with van der Waals surface area (Å²) < 4.78 is 1.04. The molecule has 0 aliphatic heterocycles. The average molecular weight is 318 g/mol. The van der Waals surface area contributed by atoms with Crippen LogP contribution in [0.3, 0.4) is 0 Å². The van der Waals surface area contributed by atoms with Gasteiger partial charge in [0.15, 0.2) is 0 Å². The number of aryl methyl sites for hydroxylation is 2. The van der Waals surface area contributed by atoms with Crippen molar-refractivity contribution in [1.29, 1.82) is 0 Å². The Balaban J connectivity index is 1.93. The van der Waals surface area contributed by atoms with Crippen LogP contribution in [-0.2, 0) is 6.42 Å². The number of hydrogen-bond acceptors (Lipinski definition) is 2. The lowest BCUT2D eigenvalue weighted by molar-refractivity contribution is 0.143. The zero-order valence-electron chi connectivity index (χ0n) is 10.8. The molecule has 2 atom stereocenters. The van der Waals surface area contributed by atoms with Crippen molar-refractivity contribution in [2.24, 2.45) is 0 Å². The van der Waals surface area contributed by atoms with Crippen LogP contribution in [0, 0.1) is 6.92 Å². The Labute approximate surface area is 121 Å². The molecule has 0 bridgehead atoms. The summed E-state index contributed by atoms with van der Waals surface area (Å²) in [6.45, 7) is 2.05. The van der Waals surface area contributed by atoms with Gasteiger partial charge in [0.05, 0.1) is 6.10 Å². The fourth-order valence-corrected chi connectivity index (χ4v) is 3.17. The van der Waals surface area contributed by atoms with E-state index in [4.69, 9.17) is 0 Å². The zero-order valence-corrected chi connectivity index (χ0v) is 12.4. The molecule has 2 unspecified atom stereocenters. The third-order valence-corrected chi connectivity index (χ3v) is 4.77. The van der Waals surface area contributed by atoms with Gasteiger partial charge in [0.2, 0.25) is 0 Å². The van der Waals surface area contributed by atoms with Crippen LogP contribution in [-0.4, -0.2) is 10.1 Å². The first kappa shape index (κ1) is 12.8. The highest BCUT2D eigenvalue weighted by Crippen LogP contribution is 2.40. The van der Waals surface area contributed by atoms with Crippen molar-refractivity contribution in [3.63, 3.8) is 0 Å². The minimum atomic E-state index is -0.479. The molecular weight excluding hydrogens is 302 g/mol. The van der Waals surface area contributed by atoms with E-state index in [1.54, 1.807) is 0 Å². The fourth-order valence-electron chi connectivity index (χ4n) is 2.78. The van der Waals surface area contributed by atoms with Gasteiger partial charge in [0, 0.05) is 22.3 Å². The van der Waals surface area contributed by atoms with E-state index in [9.17, 15) is 5.11 Å². The van der Waals surface area contributed by atoms with E-state index in [1.807, 2.05) is 37.4 Å². The summed E-state index contributed by atoms with van der Waals surface area (Å²) in [4.78, 5) is 4.46. The molecule has 1 aliphatic carbocycles. The van der Waals surface area contributed by atoms with E-state index in [2.05, 4.69) is 27.0 Å². The molecule has 2 nitrogen and oxygen atoms in total. The Morgan fingerprint density at radius 2 is 2.21 bits per heavy atom. The van der Waals surface area contributed by atoms with E-state index in [-0.39, 0.29) is 5.92 Å². The van der Waals surface area contributed by atoms with Crippen LogP contribution in [0.4, 0.5) is 0 Å². The number of pyridine rings is 1. The third-order valence-electron chi connectivity index (χ3n) is 3.92. The highest BCUT2D eigenvalue weighted by molar-refractivity contribution is 9.10. The van der Waals surface area contributed by atoms with Crippen LogP contribution in [0.2, 0.25) is 0 Å². The molecule has 0 fully saturated rings. The molecule has 19 heavy (non-hydrogen) atoms. The SMILES string of the molecule is Cc1ccc(C(O)C2CCc3cccnc32)cc1Br. The predicted octanol–water partition coefficient (Wildman–Crippen LogP) is 3.92. The maximum atomic E-state index is 10.6. The molecule has 1 heterocycles. The Morgan fingerprint density at radius 3 is 3.00 bits per heavy atom. The van der Waals surface area contributed by atoms with Crippen molar-refractivity contribution in [1.82, 2.24) is 4.98 Å². The molecule has 0 amide bonds. The van der Waals surface area contributed by atoms with Crippen LogP contribution in [0.1, 0.15) is 40.8 Å². The molecule has 0 spiro atoms. The van der Waals surface area contributed by atoms with Gasteiger partial charge >= 0.3 is 0 Å². The number of aromatic nitrogens is 1. The van der Waals surface area contributed by atoms with Gasteiger partial charge in [-0.25, -0.2) is 0 Å². The maximum Gasteiger partial charge on any atom is 0.0874 e. The van der Waals surface area contributed by atoms with Crippen molar-refractivity contribution < 1.29 is 5.11 Å². The van der Waals surface area contributed by atoms with Gasteiger partial charge in [-0.05, 0) is 48.6 Å². The molecule has 0 saturated heterocycles. The van der Waals surface area contributed by atoms with E-state index >= 15 is 0 Å². The lowest BCUT2D eigenvalue weighted by Gasteiger charge is -2.19. The maximum absolute atomic E-state index is 10.6. The van der Waals surface area contributed by atoms with Gasteiger partial charge in [0.1, 0.15) is 0 Å². The lowest BCUT2D eigenvalue weighted by Crippen LogP contribution is -2.09. The number of benzene rings is 1. The second kappa shape index (κ2) is 5.06. The smallest absolute Gasteiger partial charge is 0.0874 e. The fraction of sp³-hybridized carbons (Fsp3) is 0.312. The molecule has 1 N–H and O–H groups in total. The van der Waals surface area contributed by atoms with Crippen molar-refractivity contribution in [3.05, 3.63) is 63.4 Å². The monoisotopic (exact) mass is 317 g/mol. The first-order valence-electron chi connectivity index (χ1n) is 6.54. The first-order chi connectivity index (χ1) is 9.16. The van der Waals surface area contributed by atoms with E-state index in [1.165, 1.54) is 11.1 Å². The standard InChI is InChI=1S/C16H16BrNO/c1-10-4-5-12(9-14(10)17)16(19)13-7-6-11-3-2-8-18-15(11)13/h2-5,8-9,13,16,19H,6-7H2,1H3. The van der Waals surface area contributed by atoms with Gasteiger partial charge in [-0.1, -0.05) is 34.1 Å². The topological polar surface area (TPSA) is 33.1 Å².